The van der Waals surface area contributed by atoms with Gasteiger partial charge in [0.25, 0.3) is 0 Å². The molecule has 0 fully saturated rings. The van der Waals surface area contributed by atoms with Crippen molar-refractivity contribution in [3.63, 3.8) is 0 Å². The van der Waals surface area contributed by atoms with E-state index >= 15 is 0 Å². The van der Waals surface area contributed by atoms with Gasteiger partial charge < -0.3 is 0 Å². The van der Waals surface area contributed by atoms with Crippen molar-refractivity contribution in [1.82, 2.24) is 14.8 Å². The van der Waals surface area contributed by atoms with Crippen LogP contribution in [0.4, 0.5) is 0 Å². The lowest BCUT2D eigenvalue weighted by molar-refractivity contribution is 0.0877. The van der Waals surface area contributed by atoms with Crippen LogP contribution in [0.3, 0.4) is 0 Å². The van der Waals surface area contributed by atoms with Gasteiger partial charge in [-0.25, -0.2) is 4.68 Å². The number of aromatic nitrogens is 3. The molecule has 4 rings (SSSR count). The van der Waals surface area contributed by atoms with Crippen LogP contribution >= 0.6 is 0 Å². The fourth-order valence-corrected chi connectivity index (χ4v) is 3.36. The Balaban J connectivity index is 2.01. The number of carbonyl (C=O) groups is 1. The van der Waals surface area contributed by atoms with Crippen molar-refractivity contribution < 1.29 is 4.79 Å². The Kier molecular flexibility index (Phi) is 3.53. The van der Waals surface area contributed by atoms with Crippen molar-refractivity contribution in [3.8, 4) is 16.9 Å². The van der Waals surface area contributed by atoms with Crippen LogP contribution in [0.25, 0.3) is 16.9 Å². The minimum Gasteiger partial charge on any atom is -0.294 e. The number of hydrogen-bond donors (Lipinski definition) is 0. The minimum absolute atomic E-state index is 0.0151. The van der Waals surface area contributed by atoms with E-state index in [-0.39, 0.29) is 11.7 Å². The Morgan fingerprint density at radius 3 is 2.58 bits per heavy atom. The number of fused-ring (bicyclic) bond motifs is 1. The number of para-hydroxylation sites is 1. The fraction of sp³-hybridized carbons (Fsp3) is 0.250. The highest BCUT2D eigenvalue weighted by Crippen LogP contribution is 2.37. The summed E-state index contributed by atoms with van der Waals surface area (Å²) in [6.07, 6.45) is 4.37. The number of Topliss-reactive ketones (excluding diaryl/α,β-unsaturated/α-hetero) is 1. The number of ketones is 1. The Labute approximate surface area is 141 Å². The summed E-state index contributed by atoms with van der Waals surface area (Å²) in [6.45, 7) is 4.14. The SMILES string of the molecule is C[C@@H]1Cc2nn(-c3ccccc3)c(-c3cccnc3)c2C(=O)[C@@H]1C. The molecule has 4 nitrogen and oxygen atoms in total. The molecule has 0 saturated heterocycles. The third kappa shape index (κ3) is 2.26. The number of nitrogens with zero attached hydrogens (tertiary/aromatic N) is 3. The smallest absolute Gasteiger partial charge is 0.170 e. The molecule has 0 unspecified atom stereocenters. The molecular formula is C20H19N3O. The van der Waals surface area contributed by atoms with Crippen LogP contribution in [0.1, 0.15) is 29.9 Å². The van der Waals surface area contributed by atoms with E-state index in [4.69, 9.17) is 5.10 Å². The molecule has 0 N–H and O–H groups in total. The molecule has 0 spiro atoms. The molecule has 1 aliphatic rings. The van der Waals surface area contributed by atoms with Gasteiger partial charge in [0.2, 0.25) is 0 Å². The lowest BCUT2D eigenvalue weighted by Crippen LogP contribution is -2.27. The molecule has 24 heavy (non-hydrogen) atoms. The molecular weight excluding hydrogens is 298 g/mol. The van der Waals surface area contributed by atoms with Crippen LogP contribution < -0.4 is 0 Å². The van der Waals surface area contributed by atoms with E-state index in [1.807, 2.05) is 54.1 Å². The van der Waals surface area contributed by atoms with Gasteiger partial charge >= 0.3 is 0 Å². The second kappa shape index (κ2) is 5.71. The van der Waals surface area contributed by atoms with Crippen molar-refractivity contribution >= 4 is 5.78 Å². The van der Waals surface area contributed by atoms with E-state index in [1.165, 1.54) is 0 Å². The van der Waals surface area contributed by atoms with Crippen molar-refractivity contribution in [2.75, 3.05) is 0 Å². The summed E-state index contributed by atoms with van der Waals surface area (Å²) in [5.74, 6) is 0.511. The summed E-state index contributed by atoms with van der Waals surface area (Å²) in [5.41, 5.74) is 4.39. The summed E-state index contributed by atoms with van der Waals surface area (Å²) >= 11 is 0. The molecule has 0 saturated carbocycles. The van der Waals surface area contributed by atoms with Gasteiger partial charge in [-0.2, -0.15) is 5.10 Å². The number of benzene rings is 1. The molecule has 0 aliphatic heterocycles. The molecule has 4 heteroatoms. The standard InChI is InChI=1S/C20H19N3O/c1-13-11-17-18(20(24)14(13)2)19(15-7-6-10-21-12-15)23(22-17)16-8-4-3-5-9-16/h3-10,12-14H,11H2,1-2H3/t13-,14-/m1/s1. The molecule has 0 amide bonds. The van der Waals surface area contributed by atoms with E-state index in [0.717, 1.165) is 34.6 Å². The molecule has 2 heterocycles. The Bertz CT molecular complexity index is 884. The van der Waals surface area contributed by atoms with Gasteiger partial charge in [-0.05, 0) is 36.6 Å². The lowest BCUT2D eigenvalue weighted by Gasteiger charge is -2.23. The molecule has 0 radical (unpaired) electrons. The quantitative estimate of drug-likeness (QED) is 0.719. The van der Waals surface area contributed by atoms with Crippen LogP contribution in [0.15, 0.2) is 54.9 Å². The Morgan fingerprint density at radius 2 is 1.88 bits per heavy atom. The maximum absolute atomic E-state index is 13.0. The monoisotopic (exact) mass is 317 g/mol. The van der Waals surface area contributed by atoms with Crippen LogP contribution in [0.2, 0.25) is 0 Å². The first kappa shape index (κ1) is 14.8. The van der Waals surface area contributed by atoms with E-state index in [2.05, 4.69) is 11.9 Å². The van der Waals surface area contributed by atoms with E-state index in [0.29, 0.717) is 5.92 Å². The van der Waals surface area contributed by atoms with Gasteiger partial charge in [0.15, 0.2) is 5.78 Å². The Hall–Kier alpha value is -2.75. The van der Waals surface area contributed by atoms with Gasteiger partial charge in [0.1, 0.15) is 0 Å². The van der Waals surface area contributed by atoms with E-state index in [1.54, 1.807) is 12.4 Å². The van der Waals surface area contributed by atoms with Crippen molar-refractivity contribution in [1.29, 1.82) is 0 Å². The Morgan fingerprint density at radius 1 is 1.08 bits per heavy atom. The average Bonchev–Trinajstić information content (AvgIpc) is 3.00. The predicted octanol–water partition coefficient (Wildman–Crippen LogP) is 3.95. The highest BCUT2D eigenvalue weighted by Gasteiger charge is 2.36. The maximum atomic E-state index is 13.0. The zero-order chi connectivity index (χ0) is 16.7. The van der Waals surface area contributed by atoms with Gasteiger partial charge in [-0.3, -0.25) is 9.78 Å². The summed E-state index contributed by atoms with van der Waals surface area (Å²) in [6, 6.07) is 13.8. The van der Waals surface area contributed by atoms with Gasteiger partial charge in [-0.15, -0.1) is 0 Å². The summed E-state index contributed by atoms with van der Waals surface area (Å²) < 4.78 is 1.89. The topological polar surface area (TPSA) is 47.8 Å². The van der Waals surface area contributed by atoms with Crippen molar-refractivity contribution in [3.05, 3.63) is 66.1 Å². The van der Waals surface area contributed by atoms with E-state index in [9.17, 15) is 4.79 Å². The zero-order valence-electron chi connectivity index (χ0n) is 13.8. The number of hydrogen-bond acceptors (Lipinski definition) is 3. The molecule has 2 aromatic heterocycles. The normalized spacial score (nSPS) is 20.0. The van der Waals surface area contributed by atoms with Gasteiger partial charge in [0, 0.05) is 23.9 Å². The molecule has 120 valence electrons. The maximum Gasteiger partial charge on any atom is 0.170 e. The van der Waals surface area contributed by atoms with Crippen LogP contribution in [-0.4, -0.2) is 20.5 Å². The summed E-state index contributed by atoms with van der Waals surface area (Å²) in [5, 5.41) is 4.80. The highest BCUT2D eigenvalue weighted by atomic mass is 16.1. The molecule has 2 atom stereocenters. The first-order valence-electron chi connectivity index (χ1n) is 8.28. The predicted molar refractivity (Wildman–Crippen MR) is 93.2 cm³/mol. The summed E-state index contributed by atoms with van der Waals surface area (Å²) in [7, 11) is 0. The number of carbonyl (C=O) groups excluding carboxylic acids is 1. The third-order valence-electron chi connectivity index (χ3n) is 4.92. The summed E-state index contributed by atoms with van der Waals surface area (Å²) in [4.78, 5) is 17.2. The first-order valence-corrected chi connectivity index (χ1v) is 8.28. The number of pyridine rings is 1. The highest BCUT2D eigenvalue weighted by molar-refractivity contribution is 6.05. The van der Waals surface area contributed by atoms with E-state index < -0.39 is 0 Å². The van der Waals surface area contributed by atoms with Crippen molar-refractivity contribution in [2.24, 2.45) is 11.8 Å². The van der Waals surface area contributed by atoms with Crippen LogP contribution in [0.5, 0.6) is 0 Å². The second-order valence-electron chi connectivity index (χ2n) is 6.49. The van der Waals surface area contributed by atoms with Crippen molar-refractivity contribution in [2.45, 2.75) is 20.3 Å². The van der Waals surface area contributed by atoms with Gasteiger partial charge in [0.05, 0.1) is 22.6 Å². The average molecular weight is 317 g/mol. The third-order valence-corrected chi connectivity index (χ3v) is 4.92. The molecule has 0 bridgehead atoms. The largest absolute Gasteiger partial charge is 0.294 e. The zero-order valence-corrected chi connectivity index (χ0v) is 13.8. The fourth-order valence-electron chi connectivity index (χ4n) is 3.36. The van der Waals surface area contributed by atoms with Crippen LogP contribution in [0, 0.1) is 11.8 Å². The number of rotatable bonds is 2. The lowest BCUT2D eigenvalue weighted by atomic mass is 9.78. The molecule has 1 aliphatic carbocycles. The second-order valence-corrected chi connectivity index (χ2v) is 6.49. The molecule has 1 aromatic carbocycles. The molecule has 3 aromatic rings. The van der Waals surface area contributed by atoms with Crippen LogP contribution in [-0.2, 0) is 6.42 Å². The minimum atomic E-state index is 0.0151. The van der Waals surface area contributed by atoms with Gasteiger partial charge in [-0.1, -0.05) is 32.0 Å². The first-order chi connectivity index (χ1) is 11.7.